The standard InChI is InChI=1S/C22H24Cl2N2O/c23-18-10-6-11-19(24)22(18)26-20-12-5-4-9-17(20)15-21(27)25-14-13-16-7-2-1-3-8-16/h4-7,9-12,26H,1-3,8,13-15H2,(H,25,27). The molecule has 0 radical (unpaired) electrons. The van der Waals surface area contributed by atoms with Crippen LogP contribution in [0.3, 0.4) is 0 Å². The monoisotopic (exact) mass is 402 g/mol. The molecule has 0 spiro atoms. The number of carbonyl (C=O) groups excluding carboxylic acids is 1. The number of nitrogens with one attached hydrogen (secondary N) is 2. The van der Waals surface area contributed by atoms with Crippen LogP contribution in [0.5, 0.6) is 0 Å². The summed E-state index contributed by atoms with van der Waals surface area (Å²) in [6, 6.07) is 13.1. The minimum absolute atomic E-state index is 0.0194. The lowest BCUT2D eigenvalue weighted by Crippen LogP contribution is -2.26. The average Bonchev–Trinajstić information content (AvgIpc) is 2.67. The minimum Gasteiger partial charge on any atom is -0.355 e. The molecule has 2 N–H and O–H groups in total. The summed E-state index contributed by atoms with van der Waals surface area (Å²) in [6.45, 7) is 0.691. The maximum Gasteiger partial charge on any atom is 0.224 e. The van der Waals surface area contributed by atoms with E-state index in [1.807, 2.05) is 24.3 Å². The molecule has 0 fully saturated rings. The number of allylic oxidation sites excluding steroid dienone is 1. The summed E-state index contributed by atoms with van der Waals surface area (Å²) in [5.41, 5.74) is 3.86. The summed E-state index contributed by atoms with van der Waals surface area (Å²) < 4.78 is 0. The van der Waals surface area contributed by atoms with Crippen molar-refractivity contribution in [3.05, 3.63) is 69.7 Å². The molecule has 3 nitrogen and oxygen atoms in total. The van der Waals surface area contributed by atoms with Crippen molar-refractivity contribution in [1.82, 2.24) is 5.32 Å². The molecular formula is C22H24Cl2N2O. The largest absolute Gasteiger partial charge is 0.355 e. The molecule has 0 aromatic heterocycles. The van der Waals surface area contributed by atoms with E-state index < -0.39 is 0 Å². The summed E-state index contributed by atoms with van der Waals surface area (Å²) in [7, 11) is 0. The van der Waals surface area contributed by atoms with Gasteiger partial charge >= 0.3 is 0 Å². The fourth-order valence-electron chi connectivity index (χ4n) is 3.28. The predicted molar refractivity (Wildman–Crippen MR) is 114 cm³/mol. The van der Waals surface area contributed by atoms with E-state index >= 15 is 0 Å². The second-order valence-electron chi connectivity index (χ2n) is 6.76. The Labute approximate surface area is 170 Å². The zero-order valence-electron chi connectivity index (χ0n) is 15.2. The first-order chi connectivity index (χ1) is 13.1. The Kier molecular flexibility index (Phi) is 7.19. The minimum atomic E-state index is 0.0194. The van der Waals surface area contributed by atoms with Gasteiger partial charge in [0.2, 0.25) is 5.91 Å². The molecule has 0 bridgehead atoms. The van der Waals surface area contributed by atoms with E-state index in [1.54, 1.807) is 18.2 Å². The molecule has 1 aliphatic carbocycles. The molecule has 0 saturated heterocycles. The van der Waals surface area contributed by atoms with Crippen LogP contribution in [-0.2, 0) is 11.2 Å². The zero-order chi connectivity index (χ0) is 19.1. The van der Waals surface area contributed by atoms with Crippen molar-refractivity contribution in [2.24, 2.45) is 0 Å². The van der Waals surface area contributed by atoms with Crippen molar-refractivity contribution in [3.63, 3.8) is 0 Å². The van der Waals surface area contributed by atoms with Gasteiger partial charge in [-0.1, -0.05) is 59.1 Å². The van der Waals surface area contributed by atoms with Crippen LogP contribution >= 0.6 is 23.2 Å². The number of hydrogen-bond acceptors (Lipinski definition) is 2. The third kappa shape index (κ3) is 5.75. The van der Waals surface area contributed by atoms with Gasteiger partial charge in [-0.15, -0.1) is 0 Å². The number of halogens is 2. The third-order valence-electron chi connectivity index (χ3n) is 4.74. The van der Waals surface area contributed by atoms with E-state index in [-0.39, 0.29) is 5.91 Å². The van der Waals surface area contributed by atoms with Crippen molar-refractivity contribution in [2.75, 3.05) is 11.9 Å². The Morgan fingerprint density at radius 2 is 1.78 bits per heavy atom. The van der Waals surface area contributed by atoms with Crippen LogP contribution in [0.25, 0.3) is 0 Å². The van der Waals surface area contributed by atoms with Crippen molar-refractivity contribution >= 4 is 40.5 Å². The molecule has 0 saturated carbocycles. The van der Waals surface area contributed by atoms with Crippen LogP contribution < -0.4 is 10.6 Å². The molecule has 27 heavy (non-hydrogen) atoms. The number of carbonyl (C=O) groups is 1. The van der Waals surface area contributed by atoms with Crippen molar-refractivity contribution < 1.29 is 4.79 Å². The van der Waals surface area contributed by atoms with Gasteiger partial charge in [-0.25, -0.2) is 0 Å². The number of para-hydroxylation sites is 2. The first-order valence-electron chi connectivity index (χ1n) is 9.37. The highest BCUT2D eigenvalue weighted by Gasteiger charge is 2.11. The molecular weight excluding hydrogens is 379 g/mol. The van der Waals surface area contributed by atoms with Crippen molar-refractivity contribution in [2.45, 2.75) is 38.5 Å². The fraction of sp³-hybridized carbons (Fsp3) is 0.318. The van der Waals surface area contributed by atoms with Crippen molar-refractivity contribution in [3.8, 4) is 0 Å². The van der Waals surface area contributed by atoms with E-state index in [2.05, 4.69) is 16.7 Å². The molecule has 1 amide bonds. The molecule has 2 aromatic carbocycles. The van der Waals surface area contributed by atoms with Gasteiger partial charge in [-0.3, -0.25) is 4.79 Å². The summed E-state index contributed by atoms with van der Waals surface area (Å²) in [4.78, 5) is 12.4. The second-order valence-corrected chi connectivity index (χ2v) is 7.58. The predicted octanol–water partition coefficient (Wildman–Crippen LogP) is 6.29. The SMILES string of the molecule is O=C(Cc1ccccc1Nc1c(Cl)cccc1Cl)NCCC1=CCCCC1. The first-order valence-corrected chi connectivity index (χ1v) is 10.1. The van der Waals surface area contributed by atoms with Gasteiger partial charge < -0.3 is 10.6 Å². The summed E-state index contributed by atoms with van der Waals surface area (Å²) in [5, 5.41) is 7.39. The van der Waals surface area contributed by atoms with Gasteiger partial charge in [0.05, 0.1) is 22.2 Å². The Morgan fingerprint density at radius 3 is 2.52 bits per heavy atom. The molecule has 1 aliphatic rings. The van der Waals surface area contributed by atoms with Crippen LogP contribution in [-0.4, -0.2) is 12.5 Å². The lowest BCUT2D eigenvalue weighted by Gasteiger charge is -2.15. The van der Waals surface area contributed by atoms with E-state index in [0.29, 0.717) is 28.7 Å². The van der Waals surface area contributed by atoms with Gasteiger partial charge in [0.1, 0.15) is 0 Å². The van der Waals surface area contributed by atoms with Crippen LogP contribution in [0.15, 0.2) is 54.1 Å². The molecule has 0 unspecified atom stereocenters. The first kappa shape index (κ1) is 19.8. The summed E-state index contributed by atoms with van der Waals surface area (Å²) in [6.07, 6.45) is 8.47. The normalized spacial score (nSPS) is 13.8. The molecule has 0 atom stereocenters. The average molecular weight is 403 g/mol. The van der Waals surface area contributed by atoms with Gasteiger partial charge in [0, 0.05) is 12.2 Å². The summed E-state index contributed by atoms with van der Waals surface area (Å²) in [5.74, 6) is 0.0194. The van der Waals surface area contributed by atoms with Crippen LogP contribution in [0, 0.1) is 0 Å². The Balaban J connectivity index is 1.60. The Bertz CT molecular complexity index is 813. The smallest absolute Gasteiger partial charge is 0.224 e. The topological polar surface area (TPSA) is 41.1 Å². The van der Waals surface area contributed by atoms with Crippen LogP contribution in [0.2, 0.25) is 10.0 Å². The molecule has 142 valence electrons. The number of benzene rings is 2. The van der Waals surface area contributed by atoms with Crippen molar-refractivity contribution in [1.29, 1.82) is 0 Å². The Morgan fingerprint density at radius 1 is 1.00 bits per heavy atom. The lowest BCUT2D eigenvalue weighted by atomic mass is 9.97. The van der Waals surface area contributed by atoms with Gasteiger partial charge in [0.25, 0.3) is 0 Å². The quantitative estimate of drug-likeness (QED) is 0.534. The summed E-state index contributed by atoms with van der Waals surface area (Å²) >= 11 is 12.5. The fourth-order valence-corrected chi connectivity index (χ4v) is 3.77. The maximum absolute atomic E-state index is 12.4. The number of hydrogen-bond donors (Lipinski definition) is 2. The highest BCUT2D eigenvalue weighted by Crippen LogP contribution is 2.33. The highest BCUT2D eigenvalue weighted by molar-refractivity contribution is 6.39. The Hall–Kier alpha value is -1.97. The van der Waals surface area contributed by atoms with E-state index in [1.165, 1.54) is 31.3 Å². The molecule has 5 heteroatoms. The van der Waals surface area contributed by atoms with E-state index in [9.17, 15) is 4.79 Å². The van der Waals surface area contributed by atoms with E-state index in [0.717, 1.165) is 17.7 Å². The molecule has 0 aliphatic heterocycles. The molecule has 0 heterocycles. The molecule has 2 aromatic rings. The van der Waals surface area contributed by atoms with E-state index in [4.69, 9.17) is 23.2 Å². The lowest BCUT2D eigenvalue weighted by molar-refractivity contribution is -0.120. The maximum atomic E-state index is 12.4. The highest BCUT2D eigenvalue weighted by atomic mass is 35.5. The molecule has 3 rings (SSSR count). The number of amides is 1. The van der Waals surface area contributed by atoms with Gasteiger partial charge in [0.15, 0.2) is 0 Å². The van der Waals surface area contributed by atoms with Gasteiger partial charge in [-0.2, -0.15) is 0 Å². The number of rotatable bonds is 7. The zero-order valence-corrected chi connectivity index (χ0v) is 16.7. The van der Waals surface area contributed by atoms with Gasteiger partial charge in [-0.05, 0) is 55.9 Å². The van der Waals surface area contributed by atoms with Crippen LogP contribution in [0.1, 0.15) is 37.7 Å². The van der Waals surface area contributed by atoms with Crippen LogP contribution in [0.4, 0.5) is 11.4 Å². The second kappa shape index (κ2) is 9.82. The number of anilines is 2. The third-order valence-corrected chi connectivity index (χ3v) is 5.37.